The van der Waals surface area contributed by atoms with E-state index < -0.39 is 0 Å². The summed E-state index contributed by atoms with van der Waals surface area (Å²) in [4.78, 5) is 18.0. The Morgan fingerprint density at radius 2 is 2.24 bits per heavy atom. The summed E-state index contributed by atoms with van der Waals surface area (Å²) in [6, 6.07) is 5.86. The second kappa shape index (κ2) is 5.01. The minimum atomic E-state index is 0.0402. The van der Waals surface area contributed by atoms with Gasteiger partial charge in [-0.15, -0.1) is 0 Å². The van der Waals surface area contributed by atoms with Crippen molar-refractivity contribution in [3.63, 3.8) is 0 Å². The smallest absolute Gasteiger partial charge is 0.219 e. The second-order valence-electron chi connectivity index (χ2n) is 5.34. The number of halogens is 1. The molecule has 4 nitrogen and oxygen atoms in total. The standard InChI is InChI=1S/C16H14ClN3O/c1-9-5-15-12(6-11(9)7-18)16(17)13-8-20(10(2)21)4-3-14(13)19-15/h5-6H,3-4,8H2,1-2H3. The van der Waals surface area contributed by atoms with Crippen molar-refractivity contribution in [2.45, 2.75) is 26.8 Å². The first-order valence-electron chi connectivity index (χ1n) is 6.78. The second-order valence-corrected chi connectivity index (χ2v) is 5.72. The molecule has 21 heavy (non-hydrogen) atoms. The number of carbonyl (C=O) groups is 1. The van der Waals surface area contributed by atoms with E-state index in [4.69, 9.17) is 16.9 Å². The summed E-state index contributed by atoms with van der Waals surface area (Å²) >= 11 is 6.52. The van der Waals surface area contributed by atoms with Crippen LogP contribution < -0.4 is 0 Å². The van der Waals surface area contributed by atoms with Gasteiger partial charge in [-0.05, 0) is 24.6 Å². The molecule has 0 unspecified atom stereocenters. The fraction of sp³-hybridized carbons (Fsp3) is 0.312. The van der Waals surface area contributed by atoms with Crippen LogP contribution in [0.2, 0.25) is 5.02 Å². The van der Waals surface area contributed by atoms with Gasteiger partial charge in [0.25, 0.3) is 0 Å². The number of fused-ring (bicyclic) bond motifs is 2. The Bertz CT molecular complexity index is 807. The Balaban J connectivity index is 2.22. The van der Waals surface area contributed by atoms with E-state index in [1.54, 1.807) is 17.9 Å². The molecule has 2 aromatic rings. The summed E-state index contributed by atoms with van der Waals surface area (Å²) in [7, 11) is 0. The van der Waals surface area contributed by atoms with Gasteiger partial charge in [-0.3, -0.25) is 9.78 Å². The van der Waals surface area contributed by atoms with Gasteiger partial charge in [-0.25, -0.2) is 0 Å². The molecular weight excluding hydrogens is 286 g/mol. The molecule has 0 atom stereocenters. The molecule has 0 aliphatic carbocycles. The summed E-state index contributed by atoms with van der Waals surface area (Å²) in [6.07, 6.45) is 0.712. The van der Waals surface area contributed by atoms with Crippen LogP contribution in [0.1, 0.15) is 29.3 Å². The summed E-state index contributed by atoms with van der Waals surface area (Å²) in [5.74, 6) is 0.0402. The molecule has 2 heterocycles. The highest BCUT2D eigenvalue weighted by Gasteiger charge is 2.23. The zero-order valence-electron chi connectivity index (χ0n) is 11.9. The van der Waals surface area contributed by atoms with Crippen LogP contribution in [0.15, 0.2) is 12.1 Å². The first-order chi connectivity index (χ1) is 10.0. The number of hydrogen-bond acceptors (Lipinski definition) is 3. The number of carbonyl (C=O) groups excluding carboxylic acids is 1. The number of amides is 1. The molecule has 1 aliphatic rings. The van der Waals surface area contributed by atoms with Gasteiger partial charge in [-0.1, -0.05) is 11.6 Å². The molecule has 0 spiro atoms. The lowest BCUT2D eigenvalue weighted by Gasteiger charge is -2.28. The van der Waals surface area contributed by atoms with Crippen LogP contribution in [0.25, 0.3) is 10.9 Å². The molecular formula is C16H14ClN3O. The lowest BCUT2D eigenvalue weighted by atomic mass is 9.99. The largest absolute Gasteiger partial charge is 0.338 e. The average molecular weight is 300 g/mol. The van der Waals surface area contributed by atoms with Crippen molar-refractivity contribution >= 4 is 28.4 Å². The Hall–Kier alpha value is -2.12. The zero-order chi connectivity index (χ0) is 15.1. The first kappa shape index (κ1) is 13.8. The van der Waals surface area contributed by atoms with E-state index in [0.29, 0.717) is 30.1 Å². The minimum Gasteiger partial charge on any atom is -0.338 e. The van der Waals surface area contributed by atoms with Crippen molar-refractivity contribution in [3.05, 3.63) is 39.5 Å². The predicted octanol–water partition coefficient (Wildman–Crippen LogP) is 2.97. The lowest BCUT2D eigenvalue weighted by Crippen LogP contribution is -2.34. The van der Waals surface area contributed by atoms with Crippen LogP contribution in [-0.2, 0) is 17.8 Å². The van der Waals surface area contributed by atoms with Gasteiger partial charge in [0.1, 0.15) is 0 Å². The van der Waals surface area contributed by atoms with E-state index in [1.165, 1.54) is 0 Å². The number of benzene rings is 1. The molecule has 0 N–H and O–H groups in total. The van der Waals surface area contributed by atoms with Gasteiger partial charge in [0.05, 0.1) is 22.2 Å². The number of aromatic nitrogens is 1. The number of nitrogens with zero attached hydrogens (tertiary/aromatic N) is 3. The van der Waals surface area contributed by atoms with E-state index in [9.17, 15) is 4.79 Å². The summed E-state index contributed by atoms with van der Waals surface area (Å²) < 4.78 is 0. The van der Waals surface area contributed by atoms with Gasteiger partial charge in [0.2, 0.25) is 5.91 Å². The van der Waals surface area contributed by atoms with Crippen LogP contribution in [0.5, 0.6) is 0 Å². The Morgan fingerprint density at radius 3 is 2.90 bits per heavy atom. The minimum absolute atomic E-state index is 0.0402. The van der Waals surface area contributed by atoms with Crippen molar-refractivity contribution in [2.24, 2.45) is 0 Å². The molecule has 0 saturated heterocycles. The van der Waals surface area contributed by atoms with Crippen LogP contribution in [0, 0.1) is 18.3 Å². The number of aryl methyl sites for hydroxylation is 1. The van der Waals surface area contributed by atoms with Crippen molar-refractivity contribution < 1.29 is 4.79 Å². The van der Waals surface area contributed by atoms with Crippen LogP contribution in [0.3, 0.4) is 0 Å². The van der Waals surface area contributed by atoms with Crippen molar-refractivity contribution in [1.29, 1.82) is 5.26 Å². The van der Waals surface area contributed by atoms with E-state index >= 15 is 0 Å². The molecule has 1 amide bonds. The number of pyridine rings is 1. The third kappa shape index (κ3) is 2.24. The molecule has 5 heteroatoms. The molecule has 0 fully saturated rings. The van der Waals surface area contributed by atoms with Gasteiger partial charge >= 0.3 is 0 Å². The zero-order valence-corrected chi connectivity index (χ0v) is 12.7. The Morgan fingerprint density at radius 1 is 1.48 bits per heavy atom. The maximum atomic E-state index is 11.5. The van der Waals surface area contributed by atoms with Gasteiger partial charge in [-0.2, -0.15) is 5.26 Å². The third-order valence-corrected chi connectivity index (χ3v) is 4.41. The highest BCUT2D eigenvalue weighted by molar-refractivity contribution is 6.36. The maximum Gasteiger partial charge on any atom is 0.219 e. The molecule has 3 rings (SSSR count). The Labute approximate surface area is 127 Å². The van der Waals surface area contributed by atoms with Crippen LogP contribution >= 0.6 is 11.6 Å². The average Bonchev–Trinajstić information content (AvgIpc) is 2.46. The number of hydrogen-bond donors (Lipinski definition) is 0. The topological polar surface area (TPSA) is 57.0 Å². The molecule has 1 aromatic carbocycles. The third-order valence-electron chi connectivity index (χ3n) is 3.98. The number of rotatable bonds is 0. The van der Waals surface area contributed by atoms with Crippen molar-refractivity contribution in [3.8, 4) is 6.07 Å². The van der Waals surface area contributed by atoms with Gasteiger partial charge in [0.15, 0.2) is 0 Å². The lowest BCUT2D eigenvalue weighted by molar-refractivity contribution is -0.129. The summed E-state index contributed by atoms with van der Waals surface area (Å²) in [5.41, 5.74) is 4.17. The van der Waals surface area contributed by atoms with E-state index in [0.717, 1.165) is 27.7 Å². The molecule has 0 saturated carbocycles. The van der Waals surface area contributed by atoms with Gasteiger partial charge < -0.3 is 4.90 Å². The van der Waals surface area contributed by atoms with Crippen molar-refractivity contribution in [1.82, 2.24) is 9.88 Å². The van der Waals surface area contributed by atoms with E-state index in [-0.39, 0.29) is 5.91 Å². The molecule has 106 valence electrons. The van der Waals surface area contributed by atoms with E-state index in [2.05, 4.69) is 11.1 Å². The molecule has 0 bridgehead atoms. The Kier molecular flexibility index (Phi) is 3.30. The van der Waals surface area contributed by atoms with Crippen LogP contribution in [0.4, 0.5) is 0 Å². The highest BCUT2D eigenvalue weighted by atomic mass is 35.5. The summed E-state index contributed by atoms with van der Waals surface area (Å²) in [6.45, 7) is 4.61. The van der Waals surface area contributed by atoms with E-state index in [1.807, 2.05) is 13.0 Å². The predicted molar refractivity (Wildman–Crippen MR) is 81.0 cm³/mol. The van der Waals surface area contributed by atoms with Gasteiger partial charge in [0, 0.05) is 43.1 Å². The maximum absolute atomic E-state index is 11.5. The monoisotopic (exact) mass is 299 g/mol. The highest BCUT2D eigenvalue weighted by Crippen LogP contribution is 2.33. The quantitative estimate of drug-likeness (QED) is 0.751. The molecule has 0 radical (unpaired) electrons. The molecule has 1 aliphatic heterocycles. The SMILES string of the molecule is CC(=O)N1CCc2nc3cc(C)c(C#N)cc3c(Cl)c2C1. The first-order valence-corrected chi connectivity index (χ1v) is 7.16. The summed E-state index contributed by atoms with van der Waals surface area (Å²) in [5, 5.41) is 10.5. The number of nitriles is 1. The van der Waals surface area contributed by atoms with Crippen molar-refractivity contribution in [2.75, 3.05) is 6.54 Å². The molecule has 1 aromatic heterocycles. The fourth-order valence-electron chi connectivity index (χ4n) is 2.73. The van der Waals surface area contributed by atoms with Crippen LogP contribution in [-0.4, -0.2) is 22.3 Å². The fourth-order valence-corrected chi connectivity index (χ4v) is 3.05. The normalized spacial score (nSPS) is 13.9.